The normalized spacial score (nSPS) is 20.1. The molecule has 3 N–H and O–H groups in total. The number of carbonyl (C=O) groups excluding carboxylic acids is 1. The SMILES string of the molecule is COc1cccc([C@@H]2OC(c3ccc(OCCCO)cc3)=N[C@]2(Cc2ccc(Br)cc2)C(=O)NNCCN2CCOCC2)c1. The number of rotatable bonds is 14. The number of aliphatic hydroxyl groups excluding tert-OH is 1. The van der Waals surface area contributed by atoms with E-state index >= 15 is 0 Å². The van der Waals surface area contributed by atoms with E-state index in [0.29, 0.717) is 43.4 Å². The molecular weight excluding hydrogens is 628 g/mol. The summed E-state index contributed by atoms with van der Waals surface area (Å²) in [7, 11) is 1.61. The van der Waals surface area contributed by atoms with Crippen molar-refractivity contribution >= 4 is 27.7 Å². The third-order valence-corrected chi connectivity index (χ3v) is 8.20. The van der Waals surface area contributed by atoms with Crippen LogP contribution in [0, 0.1) is 0 Å². The topological polar surface area (TPSA) is 114 Å². The summed E-state index contributed by atoms with van der Waals surface area (Å²) in [6.07, 6.45) is 0.108. The molecule has 2 aliphatic rings. The molecule has 1 saturated heterocycles. The fraction of sp³-hybridized carbons (Fsp3) is 0.394. The van der Waals surface area contributed by atoms with Crippen LogP contribution < -0.4 is 20.3 Å². The summed E-state index contributed by atoms with van der Waals surface area (Å²) in [5, 5.41) is 9.06. The van der Waals surface area contributed by atoms with Crippen LogP contribution in [0.5, 0.6) is 11.5 Å². The predicted octanol–water partition coefficient (Wildman–Crippen LogP) is 3.67. The number of carbonyl (C=O) groups is 1. The highest BCUT2D eigenvalue weighted by Crippen LogP contribution is 2.43. The van der Waals surface area contributed by atoms with Crippen LogP contribution in [0.2, 0.25) is 0 Å². The molecule has 3 aromatic rings. The fourth-order valence-corrected chi connectivity index (χ4v) is 5.55. The monoisotopic (exact) mass is 666 g/mol. The number of hydrazine groups is 1. The van der Waals surface area contributed by atoms with E-state index in [0.717, 1.165) is 54.0 Å². The third-order valence-electron chi connectivity index (χ3n) is 7.67. The van der Waals surface area contributed by atoms with Crippen LogP contribution >= 0.6 is 15.9 Å². The molecule has 10 nitrogen and oxygen atoms in total. The van der Waals surface area contributed by atoms with Gasteiger partial charge in [0.15, 0.2) is 11.6 Å². The molecule has 2 heterocycles. The number of hydrogen-bond acceptors (Lipinski definition) is 9. The molecule has 0 unspecified atom stereocenters. The van der Waals surface area contributed by atoms with Crippen LogP contribution in [0.25, 0.3) is 0 Å². The van der Waals surface area contributed by atoms with Gasteiger partial charge in [-0.1, -0.05) is 40.2 Å². The van der Waals surface area contributed by atoms with Gasteiger partial charge >= 0.3 is 0 Å². The second-order valence-electron chi connectivity index (χ2n) is 10.7. The van der Waals surface area contributed by atoms with Gasteiger partial charge in [-0.25, -0.2) is 10.4 Å². The molecule has 0 spiro atoms. The molecule has 44 heavy (non-hydrogen) atoms. The van der Waals surface area contributed by atoms with E-state index in [2.05, 4.69) is 31.7 Å². The lowest BCUT2D eigenvalue weighted by Gasteiger charge is -2.31. The van der Waals surface area contributed by atoms with Gasteiger partial charge in [-0.05, 0) is 59.7 Å². The number of benzene rings is 3. The summed E-state index contributed by atoms with van der Waals surface area (Å²) in [6.45, 7) is 5.01. The summed E-state index contributed by atoms with van der Waals surface area (Å²) in [5.74, 6) is 1.40. The minimum Gasteiger partial charge on any atom is -0.497 e. The number of morpholine rings is 1. The van der Waals surface area contributed by atoms with E-state index in [-0.39, 0.29) is 12.5 Å². The zero-order chi connectivity index (χ0) is 30.8. The Labute approximate surface area is 266 Å². The van der Waals surface area contributed by atoms with Gasteiger partial charge < -0.3 is 24.1 Å². The summed E-state index contributed by atoms with van der Waals surface area (Å²) in [6, 6.07) is 22.8. The standard InChI is InChI=1S/C33H39BrN4O6/c1-41-29-5-2-4-26(22-29)30-33(23-24-6-10-27(34)11-7-24,32(40)37-35-14-15-38-16-20-42-21-17-38)36-31(44-30)25-8-12-28(13-9-25)43-19-3-18-39/h2,4-13,22,30,35,39H,3,14-21,23H2,1H3,(H,37,40)/t30-,33-/m0/s1. The number of methoxy groups -OCH3 is 1. The molecule has 2 atom stereocenters. The van der Waals surface area contributed by atoms with Crippen molar-refractivity contribution in [1.29, 1.82) is 0 Å². The molecule has 1 amide bonds. The first kappa shape index (κ1) is 31.9. The Morgan fingerprint density at radius 2 is 1.86 bits per heavy atom. The van der Waals surface area contributed by atoms with Gasteiger partial charge in [0.05, 0.1) is 26.9 Å². The van der Waals surface area contributed by atoms with Gasteiger partial charge in [-0.2, -0.15) is 0 Å². The number of halogens is 1. The zero-order valence-corrected chi connectivity index (χ0v) is 26.4. The van der Waals surface area contributed by atoms with Crippen LogP contribution in [0.3, 0.4) is 0 Å². The van der Waals surface area contributed by atoms with Gasteiger partial charge in [0.25, 0.3) is 5.91 Å². The summed E-state index contributed by atoms with van der Waals surface area (Å²) in [5.41, 5.74) is 7.19. The van der Waals surface area contributed by atoms with Gasteiger partial charge in [-0.3, -0.25) is 15.1 Å². The van der Waals surface area contributed by atoms with Crippen LogP contribution in [0.1, 0.15) is 29.2 Å². The van der Waals surface area contributed by atoms with E-state index in [4.69, 9.17) is 29.0 Å². The van der Waals surface area contributed by atoms with Gasteiger partial charge in [0, 0.05) is 55.7 Å². The van der Waals surface area contributed by atoms with Crippen LogP contribution in [-0.2, 0) is 20.7 Å². The summed E-state index contributed by atoms with van der Waals surface area (Å²) < 4.78 is 24.2. The number of aliphatic hydroxyl groups is 1. The van der Waals surface area contributed by atoms with Gasteiger partial charge in [-0.15, -0.1) is 0 Å². The second kappa shape index (κ2) is 15.5. The number of ether oxygens (including phenoxy) is 4. The minimum absolute atomic E-state index is 0.0684. The molecule has 234 valence electrons. The van der Waals surface area contributed by atoms with Gasteiger partial charge in [0.2, 0.25) is 5.90 Å². The van der Waals surface area contributed by atoms with Crippen LogP contribution in [0.4, 0.5) is 0 Å². The Bertz CT molecular complexity index is 1400. The van der Waals surface area contributed by atoms with Crippen molar-refractivity contribution in [1.82, 2.24) is 15.8 Å². The molecule has 0 aromatic heterocycles. The molecule has 0 aliphatic carbocycles. The fourth-order valence-electron chi connectivity index (χ4n) is 5.29. The Morgan fingerprint density at radius 1 is 1.09 bits per heavy atom. The van der Waals surface area contributed by atoms with E-state index < -0.39 is 11.6 Å². The highest BCUT2D eigenvalue weighted by molar-refractivity contribution is 9.10. The molecule has 11 heteroatoms. The molecule has 3 aromatic carbocycles. The van der Waals surface area contributed by atoms with Crippen molar-refractivity contribution in [2.75, 3.05) is 59.7 Å². The van der Waals surface area contributed by atoms with E-state index in [1.54, 1.807) is 7.11 Å². The van der Waals surface area contributed by atoms with E-state index in [1.165, 1.54) is 0 Å². The number of hydrogen-bond donors (Lipinski definition) is 3. The van der Waals surface area contributed by atoms with Crippen molar-refractivity contribution in [2.24, 2.45) is 4.99 Å². The number of amides is 1. The number of nitrogens with zero attached hydrogens (tertiary/aromatic N) is 2. The zero-order valence-electron chi connectivity index (χ0n) is 24.8. The Kier molecular flexibility index (Phi) is 11.2. The summed E-state index contributed by atoms with van der Waals surface area (Å²) in [4.78, 5) is 21.7. The largest absolute Gasteiger partial charge is 0.497 e. The maximum Gasteiger partial charge on any atom is 0.266 e. The molecule has 5 rings (SSSR count). The first-order valence-corrected chi connectivity index (χ1v) is 15.6. The lowest BCUT2D eigenvalue weighted by molar-refractivity contribution is -0.130. The smallest absolute Gasteiger partial charge is 0.266 e. The molecule has 1 fully saturated rings. The van der Waals surface area contributed by atoms with Crippen molar-refractivity contribution in [3.63, 3.8) is 0 Å². The van der Waals surface area contributed by atoms with E-state index in [1.807, 2.05) is 72.8 Å². The first-order chi connectivity index (χ1) is 21.5. The van der Waals surface area contributed by atoms with Crippen LogP contribution in [-0.4, -0.2) is 87.1 Å². The lowest BCUT2D eigenvalue weighted by Crippen LogP contribution is -2.55. The Hall–Kier alpha value is -3.48. The lowest BCUT2D eigenvalue weighted by atomic mass is 9.82. The quantitative estimate of drug-likeness (QED) is 0.177. The van der Waals surface area contributed by atoms with Crippen molar-refractivity contribution < 1.29 is 28.8 Å². The molecule has 0 saturated carbocycles. The highest BCUT2D eigenvalue weighted by atomic mass is 79.9. The maximum atomic E-state index is 14.3. The predicted molar refractivity (Wildman–Crippen MR) is 171 cm³/mol. The molecular formula is C33H39BrN4O6. The first-order valence-electron chi connectivity index (χ1n) is 14.8. The summed E-state index contributed by atoms with van der Waals surface area (Å²) >= 11 is 3.52. The second-order valence-corrected chi connectivity index (χ2v) is 11.6. The van der Waals surface area contributed by atoms with Crippen molar-refractivity contribution in [3.05, 3.63) is 94.0 Å². The van der Waals surface area contributed by atoms with E-state index in [9.17, 15) is 4.79 Å². The molecule has 0 radical (unpaired) electrons. The Morgan fingerprint density at radius 3 is 2.59 bits per heavy atom. The van der Waals surface area contributed by atoms with Gasteiger partial charge in [0.1, 0.15) is 11.5 Å². The Balaban J connectivity index is 1.47. The molecule has 2 aliphatic heterocycles. The number of aliphatic imine (C=N–C) groups is 1. The average molecular weight is 668 g/mol. The highest BCUT2D eigenvalue weighted by Gasteiger charge is 2.53. The maximum absolute atomic E-state index is 14.3. The minimum atomic E-state index is -1.34. The number of nitrogens with one attached hydrogen (secondary N) is 2. The van der Waals surface area contributed by atoms with Crippen molar-refractivity contribution in [2.45, 2.75) is 24.5 Å². The molecule has 0 bridgehead atoms. The van der Waals surface area contributed by atoms with Crippen LogP contribution in [0.15, 0.2) is 82.3 Å². The van der Waals surface area contributed by atoms with Crippen molar-refractivity contribution in [3.8, 4) is 11.5 Å². The third kappa shape index (κ3) is 7.96. The average Bonchev–Trinajstić information content (AvgIpc) is 3.45.